The van der Waals surface area contributed by atoms with Crippen molar-refractivity contribution in [2.45, 2.75) is 0 Å². The number of nitrogens with zero attached hydrogens (tertiary/aromatic N) is 3. The lowest BCUT2D eigenvalue weighted by molar-refractivity contribution is 0.0997. The van der Waals surface area contributed by atoms with E-state index in [0.29, 0.717) is 9.88 Å². The van der Waals surface area contributed by atoms with E-state index in [9.17, 15) is 4.79 Å². The summed E-state index contributed by atoms with van der Waals surface area (Å²) in [6.07, 6.45) is 8.92. The number of hydrogen-bond acceptors (Lipinski definition) is 4. The summed E-state index contributed by atoms with van der Waals surface area (Å²) in [6, 6.07) is 7.46. The fourth-order valence-electron chi connectivity index (χ4n) is 2.09. The first-order chi connectivity index (χ1) is 10.6. The number of nitrogens with two attached hydrogens (primary N) is 1. The van der Waals surface area contributed by atoms with Gasteiger partial charge in [-0.05, 0) is 12.1 Å². The average molecular weight is 308 g/mol. The van der Waals surface area contributed by atoms with Crippen LogP contribution in [0.25, 0.3) is 21.0 Å². The van der Waals surface area contributed by atoms with Crippen LogP contribution in [-0.4, -0.2) is 20.7 Å². The molecule has 0 aliphatic carbocycles. The number of primary amides is 1. The molecule has 3 aromatic rings. The zero-order valence-corrected chi connectivity index (χ0v) is 12.6. The summed E-state index contributed by atoms with van der Waals surface area (Å²) in [5.41, 5.74) is 8.13. The van der Waals surface area contributed by atoms with Gasteiger partial charge in [0.1, 0.15) is 10.7 Å². The third-order valence-corrected chi connectivity index (χ3v) is 4.26. The Morgan fingerprint density at radius 2 is 2.23 bits per heavy atom. The van der Waals surface area contributed by atoms with Gasteiger partial charge in [0.25, 0.3) is 5.91 Å². The lowest BCUT2D eigenvalue weighted by Crippen LogP contribution is -2.12. The van der Waals surface area contributed by atoms with E-state index >= 15 is 0 Å². The van der Waals surface area contributed by atoms with Crippen LogP contribution in [0.4, 0.5) is 0 Å². The van der Waals surface area contributed by atoms with Crippen molar-refractivity contribution in [3.05, 3.63) is 47.9 Å². The number of rotatable bonds is 3. The van der Waals surface area contributed by atoms with Crippen LogP contribution < -0.4 is 5.73 Å². The van der Waals surface area contributed by atoms with Crippen molar-refractivity contribution in [3.8, 4) is 33.4 Å². The zero-order chi connectivity index (χ0) is 15.7. The second-order valence-electron chi connectivity index (χ2n) is 4.69. The molecule has 0 radical (unpaired) electrons. The standard InChI is InChI=1S/C16H12N4OS/c1-3-10-5-4-6-11(7-10)16-19-13(15(17)21)14(22-16)12-8-18-20(2)9-12/h1,4-9H,2H3,(H2,17,21). The number of aromatic nitrogens is 3. The van der Waals surface area contributed by atoms with E-state index in [1.807, 2.05) is 37.5 Å². The van der Waals surface area contributed by atoms with Gasteiger partial charge in [-0.3, -0.25) is 9.48 Å². The Hall–Kier alpha value is -2.91. The van der Waals surface area contributed by atoms with Crippen LogP contribution in [0.5, 0.6) is 0 Å². The lowest BCUT2D eigenvalue weighted by atomic mass is 10.1. The van der Waals surface area contributed by atoms with Gasteiger partial charge in [-0.1, -0.05) is 18.1 Å². The van der Waals surface area contributed by atoms with E-state index < -0.39 is 5.91 Å². The molecular formula is C16H12N4OS. The van der Waals surface area contributed by atoms with Crippen molar-refractivity contribution < 1.29 is 4.79 Å². The largest absolute Gasteiger partial charge is 0.364 e. The van der Waals surface area contributed by atoms with Gasteiger partial charge >= 0.3 is 0 Å². The molecule has 0 atom stereocenters. The van der Waals surface area contributed by atoms with Crippen molar-refractivity contribution in [1.82, 2.24) is 14.8 Å². The first kappa shape index (κ1) is 14.0. The van der Waals surface area contributed by atoms with E-state index in [4.69, 9.17) is 12.2 Å². The highest BCUT2D eigenvalue weighted by molar-refractivity contribution is 7.18. The SMILES string of the molecule is C#Cc1cccc(-c2nc(C(N)=O)c(-c3cnn(C)c3)s2)c1. The molecule has 5 nitrogen and oxygen atoms in total. The number of thiazole rings is 1. The number of carbonyl (C=O) groups excluding carboxylic acids is 1. The molecule has 0 bridgehead atoms. The molecule has 0 aliphatic rings. The maximum atomic E-state index is 11.7. The summed E-state index contributed by atoms with van der Waals surface area (Å²) in [5, 5.41) is 4.82. The van der Waals surface area contributed by atoms with Crippen LogP contribution in [0.2, 0.25) is 0 Å². The van der Waals surface area contributed by atoms with Crippen LogP contribution in [0, 0.1) is 12.3 Å². The number of terminal acetylenes is 1. The number of carbonyl (C=O) groups is 1. The minimum Gasteiger partial charge on any atom is -0.364 e. The second kappa shape index (κ2) is 5.47. The van der Waals surface area contributed by atoms with Gasteiger partial charge in [-0.25, -0.2) is 4.98 Å². The number of aryl methyl sites for hydroxylation is 1. The normalized spacial score (nSPS) is 10.4. The smallest absolute Gasteiger partial charge is 0.268 e. The minimum absolute atomic E-state index is 0.249. The summed E-state index contributed by atoms with van der Waals surface area (Å²) in [4.78, 5) is 16.8. The lowest BCUT2D eigenvalue weighted by Gasteiger charge is -1.96. The molecule has 3 rings (SSSR count). The maximum Gasteiger partial charge on any atom is 0.268 e. The predicted octanol–water partition coefficient (Wildman–Crippen LogP) is 2.29. The fraction of sp³-hybridized carbons (Fsp3) is 0.0625. The summed E-state index contributed by atoms with van der Waals surface area (Å²) in [7, 11) is 1.81. The molecule has 22 heavy (non-hydrogen) atoms. The van der Waals surface area contributed by atoms with Gasteiger partial charge in [0.05, 0.1) is 11.1 Å². The summed E-state index contributed by atoms with van der Waals surface area (Å²) < 4.78 is 1.67. The van der Waals surface area contributed by atoms with Crippen molar-refractivity contribution in [2.75, 3.05) is 0 Å². The summed E-state index contributed by atoms with van der Waals surface area (Å²) in [5.74, 6) is 2.03. The van der Waals surface area contributed by atoms with Crippen LogP contribution in [-0.2, 0) is 7.05 Å². The first-order valence-corrected chi connectivity index (χ1v) is 7.27. The molecule has 2 aromatic heterocycles. The third-order valence-electron chi connectivity index (χ3n) is 3.10. The molecule has 0 saturated heterocycles. The van der Waals surface area contributed by atoms with Crippen molar-refractivity contribution in [3.63, 3.8) is 0 Å². The van der Waals surface area contributed by atoms with Gasteiger partial charge in [-0.15, -0.1) is 17.8 Å². The molecule has 0 fully saturated rings. The van der Waals surface area contributed by atoms with Gasteiger partial charge < -0.3 is 5.73 Å². The Morgan fingerprint density at radius 3 is 2.86 bits per heavy atom. The quantitative estimate of drug-likeness (QED) is 0.754. The number of hydrogen-bond donors (Lipinski definition) is 1. The Bertz CT molecular complexity index is 901. The summed E-state index contributed by atoms with van der Waals surface area (Å²) in [6.45, 7) is 0. The van der Waals surface area contributed by atoms with Crippen LogP contribution in [0.15, 0.2) is 36.7 Å². The van der Waals surface area contributed by atoms with Crippen LogP contribution >= 0.6 is 11.3 Å². The van der Waals surface area contributed by atoms with Crippen molar-refractivity contribution in [1.29, 1.82) is 0 Å². The molecular weight excluding hydrogens is 296 g/mol. The van der Waals surface area contributed by atoms with E-state index in [-0.39, 0.29) is 5.69 Å². The molecule has 6 heteroatoms. The Balaban J connectivity index is 2.15. The van der Waals surface area contributed by atoms with E-state index in [2.05, 4.69) is 16.0 Å². The molecule has 1 aromatic carbocycles. The van der Waals surface area contributed by atoms with E-state index in [1.165, 1.54) is 11.3 Å². The van der Waals surface area contributed by atoms with Crippen LogP contribution in [0.1, 0.15) is 16.1 Å². The fourth-order valence-corrected chi connectivity index (χ4v) is 3.13. The molecule has 0 saturated carbocycles. The third kappa shape index (κ3) is 2.50. The number of benzene rings is 1. The first-order valence-electron chi connectivity index (χ1n) is 6.45. The molecule has 1 amide bonds. The van der Waals surface area contributed by atoms with E-state index in [0.717, 1.165) is 16.7 Å². The molecule has 0 aliphatic heterocycles. The molecule has 0 spiro atoms. The highest BCUT2D eigenvalue weighted by Gasteiger charge is 2.19. The van der Waals surface area contributed by atoms with E-state index in [1.54, 1.807) is 10.9 Å². The van der Waals surface area contributed by atoms with Gasteiger partial charge in [0.2, 0.25) is 0 Å². The Labute approximate surface area is 131 Å². The predicted molar refractivity (Wildman–Crippen MR) is 86.2 cm³/mol. The van der Waals surface area contributed by atoms with Crippen molar-refractivity contribution >= 4 is 17.2 Å². The Morgan fingerprint density at radius 1 is 1.41 bits per heavy atom. The minimum atomic E-state index is -0.561. The maximum absolute atomic E-state index is 11.7. The monoisotopic (exact) mass is 308 g/mol. The van der Waals surface area contributed by atoms with Gasteiger partial charge in [0.15, 0.2) is 0 Å². The van der Waals surface area contributed by atoms with Gasteiger partial charge in [0, 0.05) is 29.9 Å². The average Bonchev–Trinajstić information content (AvgIpc) is 3.13. The van der Waals surface area contributed by atoms with Crippen molar-refractivity contribution in [2.24, 2.45) is 12.8 Å². The highest BCUT2D eigenvalue weighted by Crippen LogP contribution is 2.35. The zero-order valence-electron chi connectivity index (χ0n) is 11.8. The topological polar surface area (TPSA) is 73.8 Å². The second-order valence-corrected chi connectivity index (χ2v) is 5.69. The number of amides is 1. The summed E-state index contributed by atoms with van der Waals surface area (Å²) >= 11 is 1.39. The van der Waals surface area contributed by atoms with Gasteiger partial charge in [-0.2, -0.15) is 5.10 Å². The molecule has 2 N–H and O–H groups in total. The Kier molecular flexibility index (Phi) is 3.49. The highest BCUT2D eigenvalue weighted by atomic mass is 32.1. The molecule has 0 unspecified atom stereocenters. The van der Waals surface area contributed by atoms with Crippen LogP contribution in [0.3, 0.4) is 0 Å². The molecule has 2 heterocycles. The molecule has 108 valence electrons.